The van der Waals surface area contributed by atoms with Crippen LogP contribution in [-0.4, -0.2) is 21.0 Å². The predicted octanol–water partition coefficient (Wildman–Crippen LogP) is 4.65. The van der Waals surface area contributed by atoms with Gasteiger partial charge in [-0.3, -0.25) is 4.79 Å². The van der Waals surface area contributed by atoms with Gasteiger partial charge in [0.1, 0.15) is 11.6 Å². The minimum Gasteiger partial charge on any atom is -0.478 e. The van der Waals surface area contributed by atoms with Crippen LogP contribution in [-0.2, 0) is 6.18 Å². The normalized spacial score (nSPS) is 12.7. The maximum atomic E-state index is 14.3. The first kappa shape index (κ1) is 21.3. The van der Waals surface area contributed by atoms with Crippen LogP contribution < -0.4 is 10.9 Å². The van der Waals surface area contributed by atoms with E-state index in [0.717, 1.165) is 30.3 Å². The maximum absolute atomic E-state index is 14.3. The minimum absolute atomic E-state index is 0.0226. The second-order valence-corrected chi connectivity index (χ2v) is 6.71. The lowest BCUT2D eigenvalue weighted by atomic mass is 9.95. The van der Waals surface area contributed by atoms with Gasteiger partial charge in [-0.1, -0.05) is 6.92 Å². The van der Waals surface area contributed by atoms with E-state index in [1.54, 1.807) is 6.92 Å². The number of halogens is 4. The first-order valence-electron chi connectivity index (χ1n) is 8.92. The van der Waals surface area contributed by atoms with Crippen LogP contribution in [0.4, 0.5) is 23.2 Å². The highest BCUT2D eigenvalue weighted by Gasteiger charge is 2.36. The Balaban J connectivity index is 2.14. The predicted molar refractivity (Wildman–Crippen MR) is 102 cm³/mol. The summed E-state index contributed by atoms with van der Waals surface area (Å²) in [6.45, 7) is 3.06. The summed E-state index contributed by atoms with van der Waals surface area (Å²) in [6.07, 6.45) is -4.60. The van der Waals surface area contributed by atoms with Crippen molar-refractivity contribution in [1.82, 2.24) is 9.97 Å². The van der Waals surface area contributed by atoms with Crippen LogP contribution >= 0.6 is 0 Å². The summed E-state index contributed by atoms with van der Waals surface area (Å²) in [4.78, 5) is 29.6. The molecule has 0 radical (unpaired) electrons. The van der Waals surface area contributed by atoms with Crippen molar-refractivity contribution in [1.29, 1.82) is 0 Å². The fourth-order valence-electron chi connectivity index (χ4n) is 3.21. The van der Waals surface area contributed by atoms with Crippen molar-refractivity contribution in [2.24, 2.45) is 0 Å². The van der Waals surface area contributed by atoms with E-state index in [9.17, 15) is 27.2 Å². The molecule has 1 atom stereocenters. The van der Waals surface area contributed by atoms with Crippen molar-refractivity contribution in [3.05, 3.63) is 69.0 Å². The molecule has 10 heteroatoms. The van der Waals surface area contributed by atoms with Gasteiger partial charge in [-0.2, -0.15) is 13.2 Å². The lowest BCUT2D eigenvalue weighted by molar-refractivity contribution is -0.138. The second kappa shape index (κ2) is 7.77. The number of anilines is 1. The van der Waals surface area contributed by atoms with Gasteiger partial charge in [-0.05, 0) is 49.2 Å². The maximum Gasteiger partial charge on any atom is 0.416 e. The van der Waals surface area contributed by atoms with Gasteiger partial charge in [0, 0.05) is 0 Å². The number of hydrogen-bond acceptors (Lipinski definition) is 4. The number of carboxylic acid groups (broad SMARTS) is 1. The number of hydrogen-bond donors (Lipinski definition) is 3. The van der Waals surface area contributed by atoms with Gasteiger partial charge in [0.2, 0.25) is 0 Å². The number of nitrogens with zero attached hydrogens (tertiary/aromatic N) is 1. The zero-order chi connectivity index (χ0) is 22.2. The first-order chi connectivity index (χ1) is 14.0. The second-order valence-electron chi connectivity index (χ2n) is 6.71. The number of H-pyrrole nitrogens is 1. The van der Waals surface area contributed by atoms with Crippen LogP contribution in [0.15, 0.2) is 35.1 Å². The molecule has 2 aromatic carbocycles. The summed E-state index contributed by atoms with van der Waals surface area (Å²) in [5, 5.41) is 11.6. The summed E-state index contributed by atoms with van der Waals surface area (Å²) in [7, 11) is 0. The molecule has 3 N–H and O–H groups in total. The van der Waals surface area contributed by atoms with E-state index in [2.05, 4.69) is 15.3 Å². The molecule has 0 aliphatic carbocycles. The molecule has 1 aromatic heterocycles. The molecule has 0 saturated heterocycles. The number of nitrogens with one attached hydrogen (secondary N) is 2. The van der Waals surface area contributed by atoms with Crippen LogP contribution in [0.25, 0.3) is 10.9 Å². The van der Waals surface area contributed by atoms with Crippen LogP contribution in [0, 0.1) is 12.7 Å². The van der Waals surface area contributed by atoms with Crippen LogP contribution in [0.2, 0.25) is 0 Å². The van der Waals surface area contributed by atoms with Gasteiger partial charge in [-0.15, -0.1) is 0 Å². The van der Waals surface area contributed by atoms with Crippen molar-refractivity contribution < 1.29 is 27.5 Å². The Hall–Kier alpha value is -3.43. The molecule has 0 amide bonds. The lowest BCUT2D eigenvalue weighted by Gasteiger charge is -2.23. The number of aromatic carboxylic acids is 1. The number of alkyl halides is 3. The Morgan fingerprint density at radius 1 is 1.27 bits per heavy atom. The fourth-order valence-corrected chi connectivity index (χ4v) is 3.21. The van der Waals surface area contributed by atoms with Gasteiger partial charge < -0.3 is 15.4 Å². The van der Waals surface area contributed by atoms with E-state index < -0.39 is 35.1 Å². The van der Waals surface area contributed by atoms with E-state index in [-0.39, 0.29) is 40.0 Å². The van der Waals surface area contributed by atoms with Gasteiger partial charge in [0.25, 0.3) is 5.56 Å². The number of aromatic nitrogens is 2. The molecule has 0 aliphatic heterocycles. The van der Waals surface area contributed by atoms with Gasteiger partial charge >= 0.3 is 12.1 Å². The Kier molecular flexibility index (Phi) is 5.51. The molecular weight excluding hydrogens is 406 g/mol. The van der Waals surface area contributed by atoms with E-state index in [4.69, 9.17) is 5.11 Å². The molecule has 0 aliphatic rings. The average Bonchev–Trinajstić information content (AvgIpc) is 2.65. The zero-order valence-corrected chi connectivity index (χ0v) is 15.9. The van der Waals surface area contributed by atoms with Gasteiger partial charge in [0.05, 0.1) is 33.8 Å². The number of benzene rings is 2. The Bertz CT molecular complexity index is 1190. The number of fused-ring (bicyclic) bond motifs is 1. The molecule has 0 fully saturated rings. The SMILES string of the molecule is CC[C@H](Nc1ccc(C(=O)O)cc1F)c1cc2c(=O)[nH]c(C)nc2cc1C(F)(F)F. The summed E-state index contributed by atoms with van der Waals surface area (Å²) in [5.74, 6) is -2.07. The number of carboxylic acids is 1. The third kappa shape index (κ3) is 4.12. The topological polar surface area (TPSA) is 95.1 Å². The largest absolute Gasteiger partial charge is 0.478 e. The van der Waals surface area contributed by atoms with Crippen molar-refractivity contribution in [2.45, 2.75) is 32.5 Å². The van der Waals surface area contributed by atoms with Crippen molar-refractivity contribution in [3.8, 4) is 0 Å². The summed E-state index contributed by atoms with van der Waals surface area (Å²) in [6, 6.07) is 3.97. The van der Waals surface area contributed by atoms with E-state index >= 15 is 0 Å². The third-order valence-corrected chi connectivity index (χ3v) is 4.63. The Morgan fingerprint density at radius 2 is 1.97 bits per heavy atom. The zero-order valence-electron chi connectivity index (χ0n) is 15.9. The summed E-state index contributed by atoms with van der Waals surface area (Å²) < 4.78 is 55.6. The van der Waals surface area contributed by atoms with Gasteiger partial charge in [-0.25, -0.2) is 14.2 Å². The Labute approximate surface area is 167 Å². The first-order valence-corrected chi connectivity index (χ1v) is 8.92. The highest BCUT2D eigenvalue weighted by Crippen LogP contribution is 2.38. The van der Waals surface area contributed by atoms with Crippen LogP contribution in [0.1, 0.15) is 46.7 Å². The molecule has 3 rings (SSSR count). The molecule has 6 nitrogen and oxygen atoms in total. The summed E-state index contributed by atoms with van der Waals surface area (Å²) in [5.41, 5.74) is -2.36. The lowest BCUT2D eigenvalue weighted by Crippen LogP contribution is -2.19. The Morgan fingerprint density at radius 3 is 2.53 bits per heavy atom. The molecule has 158 valence electrons. The summed E-state index contributed by atoms with van der Waals surface area (Å²) >= 11 is 0. The van der Waals surface area contributed by atoms with E-state index in [1.807, 2.05) is 0 Å². The third-order valence-electron chi connectivity index (χ3n) is 4.63. The van der Waals surface area contributed by atoms with Crippen molar-refractivity contribution in [2.75, 3.05) is 5.32 Å². The van der Waals surface area contributed by atoms with Crippen molar-refractivity contribution in [3.63, 3.8) is 0 Å². The van der Waals surface area contributed by atoms with Gasteiger partial charge in [0.15, 0.2) is 0 Å². The smallest absolute Gasteiger partial charge is 0.416 e. The highest BCUT2D eigenvalue weighted by molar-refractivity contribution is 5.88. The van der Waals surface area contributed by atoms with Crippen molar-refractivity contribution >= 4 is 22.6 Å². The molecule has 0 spiro atoms. The number of carbonyl (C=O) groups is 1. The standard InChI is InChI=1S/C20H17F4N3O3/c1-3-15(27-16-5-4-10(19(29)30)6-14(16)21)11-7-12-17(8-13(11)20(22,23)24)25-9(2)26-18(12)28/h4-8,15,27H,3H2,1-2H3,(H,29,30)(H,25,26,28)/t15-/m0/s1. The number of rotatable bonds is 5. The van der Waals surface area contributed by atoms with E-state index in [0.29, 0.717) is 0 Å². The molecule has 3 aromatic rings. The fraction of sp³-hybridized carbons (Fsp3) is 0.250. The monoisotopic (exact) mass is 423 g/mol. The van der Waals surface area contributed by atoms with Crippen LogP contribution in [0.5, 0.6) is 0 Å². The molecule has 0 unspecified atom stereocenters. The number of aryl methyl sites for hydroxylation is 1. The average molecular weight is 423 g/mol. The molecule has 0 saturated carbocycles. The minimum atomic E-state index is -4.73. The van der Waals surface area contributed by atoms with E-state index in [1.165, 1.54) is 6.92 Å². The molecule has 1 heterocycles. The molecule has 0 bridgehead atoms. The molecular formula is C20H17F4N3O3. The highest BCUT2D eigenvalue weighted by atomic mass is 19.4. The van der Waals surface area contributed by atoms with Crippen LogP contribution in [0.3, 0.4) is 0 Å². The molecule has 30 heavy (non-hydrogen) atoms. The quantitative estimate of drug-likeness (QED) is 0.519. The number of aromatic amines is 1.